The number of anilines is 1. The summed E-state index contributed by atoms with van der Waals surface area (Å²) < 4.78 is 13.2. The molecule has 94 valence electrons. The average Bonchev–Trinajstić information content (AvgIpc) is 2.35. The average molecular weight is 287 g/mol. The first-order valence-electron chi connectivity index (χ1n) is 5.08. The third-order valence-electron chi connectivity index (χ3n) is 2.27. The van der Waals surface area contributed by atoms with E-state index < -0.39 is 5.82 Å². The minimum atomic E-state index is -0.633. The summed E-state index contributed by atoms with van der Waals surface area (Å²) in [6, 6.07) is 6.11. The highest BCUT2D eigenvalue weighted by atomic mass is 35.5. The molecule has 0 radical (unpaired) electrons. The standard InChI is InChI=1S/C12H9Cl2FN2O/c13-10-3-8(4-11(14)12(10)15)16-5-7-1-2-9(18)6-17-7/h1-4,6,16,18H,5H2. The number of aromatic hydroxyl groups is 1. The highest BCUT2D eigenvalue weighted by Gasteiger charge is 2.07. The summed E-state index contributed by atoms with van der Waals surface area (Å²) in [6.07, 6.45) is 1.35. The molecule has 2 N–H and O–H groups in total. The van der Waals surface area contributed by atoms with Gasteiger partial charge in [-0.15, -0.1) is 0 Å². The van der Waals surface area contributed by atoms with Crippen molar-refractivity contribution in [3.05, 3.63) is 52.0 Å². The van der Waals surface area contributed by atoms with Crippen LogP contribution in [0.15, 0.2) is 30.5 Å². The molecule has 1 heterocycles. The Labute approximate surface area is 113 Å². The van der Waals surface area contributed by atoms with E-state index in [-0.39, 0.29) is 15.8 Å². The highest BCUT2D eigenvalue weighted by Crippen LogP contribution is 2.27. The zero-order chi connectivity index (χ0) is 13.1. The molecule has 0 bridgehead atoms. The minimum Gasteiger partial charge on any atom is -0.506 e. The molecule has 0 spiro atoms. The van der Waals surface area contributed by atoms with Crippen LogP contribution in [-0.2, 0) is 6.54 Å². The van der Waals surface area contributed by atoms with Crippen molar-refractivity contribution in [1.29, 1.82) is 0 Å². The molecular weight excluding hydrogens is 278 g/mol. The van der Waals surface area contributed by atoms with Crippen LogP contribution in [0.3, 0.4) is 0 Å². The summed E-state index contributed by atoms with van der Waals surface area (Å²) >= 11 is 11.3. The van der Waals surface area contributed by atoms with Crippen LogP contribution >= 0.6 is 23.2 Å². The number of hydrogen-bond donors (Lipinski definition) is 2. The maximum atomic E-state index is 13.2. The molecule has 1 aromatic heterocycles. The van der Waals surface area contributed by atoms with Gasteiger partial charge in [-0.25, -0.2) is 4.39 Å². The quantitative estimate of drug-likeness (QED) is 0.843. The zero-order valence-corrected chi connectivity index (χ0v) is 10.6. The topological polar surface area (TPSA) is 45.1 Å². The van der Waals surface area contributed by atoms with Gasteiger partial charge in [-0.1, -0.05) is 23.2 Å². The molecule has 0 amide bonds. The summed E-state index contributed by atoms with van der Waals surface area (Å²) in [4.78, 5) is 4.00. The maximum absolute atomic E-state index is 13.2. The van der Waals surface area contributed by atoms with Gasteiger partial charge in [0.05, 0.1) is 28.5 Å². The molecule has 0 saturated heterocycles. The SMILES string of the molecule is Oc1ccc(CNc2cc(Cl)c(F)c(Cl)c2)nc1. The van der Waals surface area contributed by atoms with Crippen LogP contribution in [0.25, 0.3) is 0 Å². The lowest BCUT2D eigenvalue weighted by atomic mass is 10.3. The minimum absolute atomic E-state index is 0.0383. The predicted molar refractivity (Wildman–Crippen MR) is 69.6 cm³/mol. The van der Waals surface area contributed by atoms with Crippen LogP contribution in [0, 0.1) is 5.82 Å². The third kappa shape index (κ3) is 3.03. The summed E-state index contributed by atoms with van der Waals surface area (Å²) in [5, 5.41) is 12.0. The fraction of sp³-hybridized carbons (Fsp3) is 0.0833. The van der Waals surface area contributed by atoms with Crippen molar-refractivity contribution in [2.24, 2.45) is 0 Å². The van der Waals surface area contributed by atoms with Crippen molar-refractivity contribution in [1.82, 2.24) is 4.98 Å². The van der Waals surface area contributed by atoms with Crippen LogP contribution < -0.4 is 5.32 Å². The summed E-state index contributed by atoms with van der Waals surface area (Å²) in [6.45, 7) is 0.415. The third-order valence-corrected chi connectivity index (χ3v) is 2.82. The Morgan fingerprint density at radius 1 is 1.22 bits per heavy atom. The van der Waals surface area contributed by atoms with E-state index in [1.54, 1.807) is 6.07 Å². The zero-order valence-electron chi connectivity index (χ0n) is 9.12. The maximum Gasteiger partial charge on any atom is 0.160 e. The fourth-order valence-corrected chi connectivity index (χ4v) is 1.86. The van der Waals surface area contributed by atoms with Gasteiger partial charge in [-0.2, -0.15) is 0 Å². The van der Waals surface area contributed by atoms with E-state index in [4.69, 9.17) is 28.3 Å². The molecule has 6 heteroatoms. The lowest BCUT2D eigenvalue weighted by Gasteiger charge is -2.08. The Hall–Kier alpha value is -1.52. The van der Waals surface area contributed by atoms with Crippen LogP contribution in [0.2, 0.25) is 10.0 Å². The van der Waals surface area contributed by atoms with E-state index in [0.29, 0.717) is 12.2 Å². The molecule has 0 fully saturated rings. The number of nitrogens with one attached hydrogen (secondary N) is 1. The lowest BCUT2D eigenvalue weighted by Crippen LogP contribution is -2.01. The van der Waals surface area contributed by atoms with Gasteiger partial charge in [0, 0.05) is 5.69 Å². The van der Waals surface area contributed by atoms with Crippen molar-refractivity contribution in [2.45, 2.75) is 6.54 Å². The van der Waals surface area contributed by atoms with Crippen LogP contribution in [0.4, 0.5) is 10.1 Å². The molecule has 0 aliphatic carbocycles. The Balaban J connectivity index is 2.08. The largest absolute Gasteiger partial charge is 0.506 e. The molecule has 0 saturated carbocycles. The first-order chi connectivity index (χ1) is 8.56. The molecule has 2 rings (SSSR count). The smallest absolute Gasteiger partial charge is 0.160 e. The Morgan fingerprint density at radius 2 is 1.89 bits per heavy atom. The van der Waals surface area contributed by atoms with E-state index in [2.05, 4.69) is 10.3 Å². The van der Waals surface area contributed by atoms with Crippen molar-refractivity contribution < 1.29 is 9.50 Å². The van der Waals surface area contributed by atoms with Gasteiger partial charge in [0.1, 0.15) is 5.75 Å². The molecule has 0 aliphatic rings. The van der Waals surface area contributed by atoms with Gasteiger partial charge < -0.3 is 10.4 Å². The predicted octanol–water partition coefficient (Wildman–Crippen LogP) is 3.85. The normalized spacial score (nSPS) is 10.4. The van der Waals surface area contributed by atoms with Crippen LogP contribution in [0.5, 0.6) is 5.75 Å². The monoisotopic (exact) mass is 286 g/mol. The second kappa shape index (κ2) is 5.42. The molecule has 3 nitrogen and oxygen atoms in total. The van der Waals surface area contributed by atoms with Crippen molar-refractivity contribution in [3.63, 3.8) is 0 Å². The summed E-state index contributed by atoms with van der Waals surface area (Å²) in [5.41, 5.74) is 1.32. The number of nitrogens with zero attached hydrogens (tertiary/aromatic N) is 1. The Kier molecular flexibility index (Phi) is 3.89. The fourth-order valence-electron chi connectivity index (χ4n) is 1.37. The number of halogens is 3. The van der Waals surface area contributed by atoms with E-state index >= 15 is 0 Å². The molecular formula is C12H9Cl2FN2O. The number of hydrogen-bond acceptors (Lipinski definition) is 3. The number of pyridine rings is 1. The van der Waals surface area contributed by atoms with Crippen molar-refractivity contribution in [3.8, 4) is 5.75 Å². The first-order valence-corrected chi connectivity index (χ1v) is 5.84. The molecule has 0 atom stereocenters. The van der Waals surface area contributed by atoms with Gasteiger partial charge in [0.15, 0.2) is 5.82 Å². The summed E-state index contributed by atoms with van der Waals surface area (Å²) in [5.74, 6) is -0.529. The van der Waals surface area contributed by atoms with E-state index in [1.807, 2.05) is 0 Å². The van der Waals surface area contributed by atoms with Gasteiger partial charge in [0.2, 0.25) is 0 Å². The Bertz CT molecular complexity index is 537. The van der Waals surface area contributed by atoms with E-state index in [1.165, 1.54) is 24.4 Å². The van der Waals surface area contributed by atoms with Crippen LogP contribution in [0.1, 0.15) is 5.69 Å². The summed E-state index contributed by atoms with van der Waals surface area (Å²) in [7, 11) is 0. The van der Waals surface area contributed by atoms with E-state index in [9.17, 15) is 4.39 Å². The van der Waals surface area contributed by atoms with Gasteiger partial charge in [-0.05, 0) is 24.3 Å². The Morgan fingerprint density at radius 3 is 2.44 bits per heavy atom. The first kappa shape index (κ1) is 12.9. The molecule has 1 aromatic carbocycles. The van der Waals surface area contributed by atoms with E-state index in [0.717, 1.165) is 5.69 Å². The van der Waals surface area contributed by atoms with Crippen molar-refractivity contribution in [2.75, 3.05) is 5.32 Å². The van der Waals surface area contributed by atoms with Gasteiger partial charge in [0.25, 0.3) is 0 Å². The number of aromatic nitrogens is 1. The highest BCUT2D eigenvalue weighted by molar-refractivity contribution is 6.35. The van der Waals surface area contributed by atoms with Gasteiger partial charge >= 0.3 is 0 Å². The van der Waals surface area contributed by atoms with Gasteiger partial charge in [-0.3, -0.25) is 4.98 Å². The number of benzene rings is 1. The molecule has 2 aromatic rings. The number of rotatable bonds is 3. The molecule has 0 aliphatic heterocycles. The molecule has 18 heavy (non-hydrogen) atoms. The van der Waals surface area contributed by atoms with Crippen molar-refractivity contribution >= 4 is 28.9 Å². The second-order valence-electron chi connectivity index (χ2n) is 3.62. The lowest BCUT2D eigenvalue weighted by molar-refractivity contribution is 0.472. The van der Waals surface area contributed by atoms with Crippen LogP contribution in [-0.4, -0.2) is 10.1 Å². The second-order valence-corrected chi connectivity index (χ2v) is 4.43. The molecule has 0 unspecified atom stereocenters.